The van der Waals surface area contributed by atoms with Crippen LogP contribution in [0.5, 0.6) is 0 Å². The Morgan fingerprint density at radius 1 is 1.04 bits per heavy atom. The Morgan fingerprint density at radius 3 is 2.30 bits per heavy atom. The van der Waals surface area contributed by atoms with Crippen LogP contribution < -0.4 is 0 Å². The quantitative estimate of drug-likeness (QED) is 0.573. The fraction of sp³-hybridized carbons (Fsp3) is 0.789. The van der Waals surface area contributed by atoms with Gasteiger partial charge in [0.05, 0.1) is 0 Å². The lowest BCUT2D eigenvalue weighted by Gasteiger charge is -2.17. The van der Waals surface area contributed by atoms with Gasteiger partial charge >= 0.3 is 0 Å². The van der Waals surface area contributed by atoms with Crippen LogP contribution in [0.2, 0.25) is 0 Å². The molecule has 0 aromatic rings. The maximum Gasteiger partial charge on any atom is 0.133 e. The molecule has 2 atom stereocenters. The lowest BCUT2D eigenvalue weighted by Crippen LogP contribution is -2.14. The molecule has 0 saturated heterocycles. The zero-order valence-electron chi connectivity index (χ0n) is 14.6. The molecule has 1 fully saturated rings. The van der Waals surface area contributed by atoms with Crippen molar-refractivity contribution in [3.05, 3.63) is 0 Å². The number of carbonyl (C=O) groups is 4. The van der Waals surface area contributed by atoms with Crippen molar-refractivity contribution in [2.45, 2.75) is 84.5 Å². The van der Waals surface area contributed by atoms with E-state index < -0.39 is 0 Å². The van der Waals surface area contributed by atoms with Gasteiger partial charge in [-0.3, -0.25) is 19.2 Å². The van der Waals surface area contributed by atoms with Crippen molar-refractivity contribution in [3.63, 3.8) is 0 Å². The maximum atomic E-state index is 11.8. The minimum atomic E-state index is 0.00816. The molecule has 0 amide bonds. The molecular weight excluding hydrogens is 292 g/mol. The third kappa shape index (κ3) is 8.19. The van der Waals surface area contributed by atoms with Gasteiger partial charge in [-0.25, -0.2) is 0 Å². The highest BCUT2D eigenvalue weighted by molar-refractivity contribution is 5.86. The molecule has 0 N–H and O–H groups in total. The van der Waals surface area contributed by atoms with E-state index in [4.69, 9.17) is 0 Å². The molecule has 0 bridgehead atoms. The van der Waals surface area contributed by atoms with Crippen molar-refractivity contribution >= 4 is 23.1 Å². The van der Waals surface area contributed by atoms with Crippen LogP contribution in [0.25, 0.3) is 0 Å². The predicted molar refractivity (Wildman–Crippen MR) is 89.1 cm³/mol. The second-order valence-corrected chi connectivity index (χ2v) is 6.91. The molecule has 4 heteroatoms. The highest BCUT2D eigenvalue weighted by Crippen LogP contribution is 2.30. The summed E-state index contributed by atoms with van der Waals surface area (Å²) in [4.78, 5) is 46.6. The number of rotatable bonds is 10. The number of hydrogen-bond acceptors (Lipinski definition) is 4. The molecule has 0 aliphatic heterocycles. The van der Waals surface area contributed by atoms with Crippen LogP contribution in [0.15, 0.2) is 0 Å². The SMILES string of the molecule is CCCC(=O)CCC(=O)CCCC1CC(=O)CCC(C(C)=O)C1. The second-order valence-electron chi connectivity index (χ2n) is 6.91. The molecule has 0 heterocycles. The molecule has 0 spiro atoms. The molecule has 23 heavy (non-hydrogen) atoms. The molecule has 130 valence electrons. The first kappa shape index (κ1) is 19.7. The topological polar surface area (TPSA) is 68.3 Å². The minimum absolute atomic E-state index is 0.00816. The number of ketones is 4. The summed E-state index contributed by atoms with van der Waals surface area (Å²) < 4.78 is 0. The zero-order chi connectivity index (χ0) is 17.2. The first-order chi connectivity index (χ1) is 10.9. The minimum Gasteiger partial charge on any atom is -0.300 e. The first-order valence-electron chi connectivity index (χ1n) is 8.97. The first-order valence-corrected chi connectivity index (χ1v) is 8.97. The summed E-state index contributed by atoms with van der Waals surface area (Å²) in [5.74, 6) is 0.963. The van der Waals surface area contributed by atoms with E-state index in [1.54, 1.807) is 6.92 Å². The molecule has 0 radical (unpaired) electrons. The fourth-order valence-corrected chi connectivity index (χ4v) is 3.35. The Hall–Kier alpha value is -1.32. The third-order valence-electron chi connectivity index (χ3n) is 4.76. The van der Waals surface area contributed by atoms with E-state index in [0.29, 0.717) is 44.9 Å². The van der Waals surface area contributed by atoms with E-state index in [1.165, 1.54) is 0 Å². The molecule has 2 unspecified atom stereocenters. The van der Waals surface area contributed by atoms with Gasteiger partial charge in [0.2, 0.25) is 0 Å². The summed E-state index contributed by atoms with van der Waals surface area (Å²) >= 11 is 0. The van der Waals surface area contributed by atoms with E-state index in [2.05, 4.69) is 0 Å². The standard InChI is InChI=1S/C19H30O4/c1-3-5-17(21)10-11-18(22)7-4-6-15-12-16(14(2)20)8-9-19(23)13-15/h15-16H,3-13H2,1-2H3. The summed E-state index contributed by atoms with van der Waals surface area (Å²) in [6, 6.07) is 0. The van der Waals surface area contributed by atoms with Crippen LogP contribution in [0.3, 0.4) is 0 Å². The van der Waals surface area contributed by atoms with Crippen molar-refractivity contribution in [1.29, 1.82) is 0 Å². The third-order valence-corrected chi connectivity index (χ3v) is 4.76. The van der Waals surface area contributed by atoms with Crippen molar-refractivity contribution < 1.29 is 19.2 Å². The van der Waals surface area contributed by atoms with Crippen LogP contribution in [0.4, 0.5) is 0 Å². The molecule has 0 aromatic carbocycles. The molecule has 1 rings (SSSR count). The monoisotopic (exact) mass is 322 g/mol. The van der Waals surface area contributed by atoms with E-state index in [1.807, 2.05) is 6.92 Å². The van der Waals surface area contributed by atoms with Gasteiger partial charge in [0, 0.05) is 44.4 Å². The maximum absolute atomic E-state index is 11.8. The normalized spacial score (nSPS) is 21.7. The molecule has 1 aliphatic rings. The smallest absolute Gasteiger partial charge is 0.133 e. The van der Waals surface area contributed by atoms with Crippen molar-refractivity contribution in [1.82, 2.24) is 0 Å². The number of carbonyl (C=O) groups excluding carboxylic acids is 4. The molecule has 4 nitrogen and oxygen atoms in total. The van der Waals surface area contributed by atoms with Gasteiger partial charge in [0.25, 0.3) is 0 Å². The molecule has 1 saturated carbocycles. The van der Waals surface area contributed by atoms with Gasteiger partial charge < -0.3 is 0 Å². The Labute approximate surface area is 139 Å². The molecule has 0 aromatic heterocycles. The van der Waals surface area contributed by atoms with Crippen LogP contribution in [0.1, 0.15) is 84.5 Å². The van der Waals surface area contributed by atoms with Crippen LogP contribution in [0, 0.1) is 11.8 Å². The summed E-state index contributed by atoms with van der Waals surface area (Å²) in [5, 5.41) is 0. The van der Waals surface area contributed by atoms with Crippen LogP contribution in [-0.4, -0.2) is 23.1 Å². The average Bonchev–Trinajstić information content (AvgIpc) is 2.67. The van der Waals surface area contributed by atoms with Crippen LogP contribution in [-0.2, 0) is 19.2 Å². The average molecular weight is 322 g/mol. The van der Waals surface area contributed by atoms with E-state index in [-0.39, 0.29) is 35.0 Å². The highest BCUT2D eigenvalue weighted by Gasteiger charge is 2.26. The summed E-state index contributed by atoms with van der Waals surface area (Å²) in [7, 11) is 0. The summed E-state index contributed by atoms with van der Waals surface area (Å²) in [6.45, 7) is 3.57. The van der Waals surface area contributed by atoms with Gasteiger partial charge in [-0.1, -0.05) is 6.92 Å². The second kappa shape index (κ2) is 10.5. The van der Waals surface area contributed by atoms with Gasteiger partial charge in [0.1, 0.15) is 23.1 Å². The van der Waals surface area contributed by atoms with E-state index in [0.717, 1.165) is 25.7 Å². The molecule has 1 aliphatic carbocycles. The highest BCUT2D eigenvalue weighted by atomic mass is 16.1. The van der Waals surface area contributed by atoms with E-state index in [9.17, 15) is 19.2 Å². The van der Waals surface area contributed by atoms with Gasteiger partial charge in [-0.15, -0.1) is 0 Å². The van der Waals surface area contributed by atoms with Crippen molar-refractivity contribution in [2.75, 3.05) is 0 Å². The predicted octanol–water partition coefficient (Wildman–Crippen LogP) is 3.84. The van der Waals surface area contributed by atoms with Crippen LogP contribution >= 0.6 is 0 Å². The van der Waals surface area contributed by atoms with Crippen molar-refractivity contribution in [2.24, 2.45) is 11.8 Å². The van der Waals surface area contributed by atoms with Gasteiger partial charge in [0.15, 0.2) is 0 Å². The summed E-state index contributed by atoms with van der Waals surface area (Å²) in [5.41, 5.74) is 0. The lowest BCUT2D eigenvalue weighted by atomic mass is 9.87. The van der Waals surface area contributed by atoms with E-state index >= 15 is 0 Å². The molecular formula is C19H30O4. The Kier molecular flexibility index (Phi) is 8.97. The van der Waals surface area contributed by atoms with Gasteiger partial charge in [-0.05, 0) is 44.9 Å². The van der Waals surface area contributed by atoms with Crippen molar-refractivity contribution in [3.8, 4) is 0 Å². The number of Topliss-reactive ketones (excluding diaryl/α,β-unsaturated/α-hetero) is 4. The zero-order valence-corrected chi connectivity index (χ0v) is 14.6. The number of hydrogen-bond donors (Lipinski definition) is 0. The largest absolute Gasteiger partial charge is 0.300 e. The van der Waals surface area contributed by atoms with Gasteiger partial charge in [-0.2, -0.15) is 0 Å². The Bertz CT molecular complexity index is 439. The lowest BCUT2D eigenvalue weighted by molar-refractivity contribution is -0.124. The Balaban J connectivity index is 2.29. The summed E-state index contributed by atoms with van der Waals surface area (Å²) in [6.07, 6.45) is 6.69. The fourth-order valence-electron chi connectivity index (χ4n) is 3.35. The Morgan fingerprint density at radius 2 is 1.70 bits per heavy atom.